The lowest BCUT2D eigenvalue weighted by atomic mass is 9.79. The Bertz CT molecular complexity index is 1530. The van der Waals surface area contributed by atoms with Gasteiger partial charge >= 0.3 is 0 Å². The van der Waals surface area contributed by atoms with Gasteiger partial charge in [-0.3, -0.25) is 14.4 Å². The monoisotopic (exact) mass is 537 g/mol. The van der Waals surface area contributed by atoms with Crippen LogP contribution in [0, 0.1) is 5.41 Å². The van der Waals surface area contributed by atoms with Crippen molar-refractivity contribution in [3.05, 3.63) is 88.1 Å². The van der Waals surface area contributed by atoms with Crippen LogP contribution in [0.5, 0.6) is 0 Å². The van der Waals surface area contributed by atoms with Crippen LogP contribution in [0.25, 0.3) is 0 Å². The Kier molecular flexibility index (Phi) is 6.45. The molecule has 2 aromatic carbocycles. The average Bonchev–Trinajstić information content (AvgIpc) is 3.44. The molecule has 3 aromatic rings. The second-order valence-corrected chi connectivity index (χ2v) is 12.2. The first-order valence-electron chi connectivity index (χ1n) is 13.9. The molecule has 1 aliphatic carbocycles. The quantitative estimate of drug-likeness (QED) is 0.460. The Morgan fingerprint density at radius 3 is 2.70 bits per heavy atom. The lowest BCUT2D eigenvalue weighted by molar-refractivity contribution is -0.142. The first-order chi connectivity index (χ1) is 19.1. The third-order valence-corrected chi connectivity index (χ3v) is 8.33. The van der Waals surface area contributed by atoms with Gasteiger partial charge in [0.1, 0.15) is 12.4 Å². The van der Waals surface area contributed by atoms with Crippen molar-refractivity contribution in [1.82, 2.24) is 15.2 Å². The predicted molar refractivity (Wildman–Crippen MR) is 154 cm³/mol. The summed E-state index contributed by atoms with van der Waals surface area (Å²) in [5.41, 5.74) is 6.04. The highest BCUT2D eigenvalue weighted by atomic mass is 16.2. The molecular weight excluding hydrogens is 502 g/mol. The van der Waals surface area contributed by atoms with E-state index in [0.29, 0.717) is 30.9 Å². The van der Waals surface area contributed by atoms with E-state index >= 15 is 0 Å². The number of nitrogens with zero attached hydrogens (tertiary/aromatic N) is 2. The molecule has 1 spiro atoms. The molecule has 0 bridgehead atoms. The smallest absolute Gasteiger partial charge is 0.244 e. The van der Waals surface area contributed by atoms with Gasteiger partial charge in [0.25, 0.3) is 0 Å². The lowest BCUT2D eigenvalue weighted by Gasteiger charge is -2.31. The summed E-state index contributed by atoms with van der Waals surface area (Å²) in [4.78, 5) is 45.8. The summed E-state index contributed by atoms with van der Waals surface area (Å²) in [6.07, 6.45) is 3.80. The number of pyridine rings is 1. The minimum absolute atomic E-state index is 0.0300. The largest absolute Gasteiger partial charge is 0.329 e. The standard InChI is InChI=1S/C32H35N5O3/c1-31(2,3)30(40)37(18-22-7-4-6-20-11-13-33-17-25(20)22)19-27(38)35-24-10-9-21-15-32(16-23(21)14-24)26-8-5-12-34-28(26)36-29(32)39/h4-10,12,14,33H,11,13,15-19H2,1-3H3,(H,35,38)(H,34,36,39). The topological polar surface area (TPSA) is 103 Å². The van der Waals surface area contributed by atoms with E-state index < -0.39 is 10.8 Å². The van der Waals surface area contributed by atoms with Crippen molar-refractivity contribution in [2.75, 3.05) is 23.7 Å². The summed E-state index contributed by atoms with van der Waals surface area (Å²) in [7, 11) is 0. The number of nitrogens with one attached hydrogen (secondary N) is 3. The van der Waals surface area contributed by atoms with Gasteiger partial charge in [0.05, 0.1) is 5.41 Å². The second-order valence-electron chi connectivity index (χ2n) is 12.2. The molecule has 8 heteroatoms. The van der Waals surface area contributed by atoms with Crippen molar-refractivity contribution >= 4 is 29.2 Å². The number of carbonyl (C=O) groups is 3. The summed E-state index contributed by atoms with van der Waals surface area (Å²) >= 11 is 0. The molecule has 2 aliphatic heterocycles. The van der Waals surface area contributed by atoms with Crippen LogP contribution >= 0.6 is 0 Å². The SMILES string of the molecule is CC(C)(C)C(=O)N(CC(=O)Nc1ccc2c(c1)CC1(C2)C(=O)Nc2ncccc21)Cc1cccc2c1CNCC2. The molecule has 3 heterocycles. The van der Waals surface area contributed by atoms with Gasteiger partial charge in [0, 0.05) is 36.0 Å². The van der Waals surface area contributed by atoms with Gasteiger partial charge in [-0.1, -0.05) is 51.1 Å². The van der Waals surface area contributed by atoms with E-state index in [1.807, 2.05) is 57.2 Å². The van der Waals surface area contributed by atoms with E-state index in [9.17, 15) is 14.4 Å². The molecule has 0 radical (unpaired) electrons. The zero-order valence-electron chi connectivity index (χ0n) is 23.3. The number of aromatic nitrogens is 1. The maximum Gasteiger partial charge on any atom is 0.244 e. The van der Waals surface area contributed by atoms with Crippen molar-refractivity contribution < 1.29 is 14.4 Å². The van der Waals surface area contributed by atoms with Gasteiger partial charge in [-0.25, -0.2) is 4.98 Å². The fraction of sp³-hybridized carbons (Fsp3) is 0.375. The van der Waals surface area contributed by atoms with E-state index in [1.54, 1.807) is 11.1 Å². The fourth-order valence-corrected chi connectivity index (χ4v) is 6.33. The molecule has 0 saturated heterocycles. The van der Waals surface area contributed by atoms with Crippen molar-refractivity contribution in [2.24, 2.45) is 5.41 Å². The number of benzene rings is 2. The number of anilines is 2. The predicted octanol–water partition coefficient (Wildman–Crippen LogP) is 3.73. The zero-order valence-corrected chi connectivity index (χ0v) is 23.3. The molecule has 6 rings (SSSR count). The number of amides is 3. The number of hydrogen-bond acceptors (Lipinski definition) is 5. The first-order valence-corrected chi connectivity index (χ1v) is 13.9. The van der Waals surface area contributed by atoms with E-state index in [4.69, 9.17) is 0 Å². The van der Waals surface area contributed by atoms with Crippen LogP contribution in [0.2, 0.25) is 0 Å². The highest BCUT2D eigenvalue weighted by Gasteiger charge is 2.51. The lowest BCUT2D eigenvalue weighted by Crippen LogP contribution is -2.43. The average molecular weight is 538 g/mol. The van der Waals surface area contributed by atoms with Crippen LogP contribution in [0.15, 0.2) is 54.7 Å². The molecule has 3 N–H and O–H groups in total. The minimum atomic E-state index is -0.659. The van der Waals surface area contributed by atoms with Gasteiger partial charge < -0.3 is 20.9 Å². The first kappa shape index (κ1) is 26.2. The van der Waals surface area contributed by atoms with Gasteiger partial charge in [0.2, 0.25) is 17.7 Å². The van der Waals surface area contributed by atoms with Crippen molar-refractivity contribution in [2.45, 2.75) is 58.5 Å². The van der Waals surface area contributed by atoms with E-state index in [2.05, 4.69) is 33.1 Å². The summed E-state index contributed by atoms with van der Waals surface area (Å²) in [5, 5.41) is 9.36. The summed E-state index contributed by atoms with van der Waals surface area (Å²) in [6.45, 7) is 7.69. The van der Waals surface area contributed by atoms with E-state index in [-0.39, 0.29) is 24.3 Å². The molecule has 0 fully saturated rings. The van der Waals surface area contributed by atoms with Crippen LogP contribution in [-0.2, 0) is 52.2 Å². The van der Waals surface area contributed by atoms with Crippen LogP contribution in [0.1, 0.15) is 54.2 Å². The molecule has 3 aliphatic rings. The van der Waals surface area contributed by atoms with Crippen molar-refractivity contribution in [3.63, 3.8) is 0 Å². The normalized spacial score (nSPS) is 19.0. The third-order valence-electron chi connectivity index (χ3n) is 8.33. The molecule has 1 unspecified atom stereocenters. The third kappa shape index (κ3) is 4.66. The number of rotatable bonds is 5. The van der Waals surface area contributed by atoms with Crippen LogP contribution in [-0.4, -0.2) is 40.7 Å². The van der Waals surface area contributed by atoms with Gasteiger partial charge in [0.15, 0.2) is 0 Å². The molecule has 0 saturated carbocycles. The van der Waals surface area contributed by atoms with E-state index in [1.165, 1.54) is 11.1 Å². The molecule has 40 heavy (non-hydrogen) atoms. The van der Waals surface area contributed by atoms with Crippen molar-refractivity contribution in [1.29, 1.82) is 0 Å². The fourth-order valence-electron chi connectivity index (χ4n) is 6.33. The Morgan fingerprint density at radius 1 is 1.05 bits per heavy atom. The maximum absolute atomic E-state index is 13.4. The van der Waals surface area contributed by atoms with Crippen LogP contribution in [0.3, 0.4) is 0 Å². The van der Waals surface area contributed by atoms with Gasteiger partial charge in [-0.05, 0) is 71.8 Å². The molecule has 1 aromatic heterocycles. The minimum Gasteiger partial charge on any atom is -0.329 e. The number of hydrogen-bond donors (Lipinski definition) is 3. The highest BCUT2D eigenvalue weighted by Crippen LogP contribution is 2.46. The number of carbonyl (C=O) groups excluding carboxylic acids is 3. The highest BCUT2D eigenvalue weighted by molar-refractivity contribution is 6.06. The molecule has 8 nitrogen and oxygen atoms in total. The van der Waals surface area contributed by atoms with Crippen molar-refractivity contribution in [3.8, 4) is 0 Å². The number of fused-ring (bicyclic) bond motifs is 4. The Balaban J connectivity index is 1.19. The maximum atomic E-state index is 13.4. The van der Waals surface area contributed by atoms with Gasteiger partial charge in [-0.15, -0.1) is 0 Å². The molecule has 3 amide bonds. The summed E-state index contributed by atoms with van der Waals surface area (Å²) in [5.74, 6) is 0.284. The van der Waals surface area contributed by atoms with Crippen LogP contribution < -0.4 is 16.0 Å². The summed E-state index contributed by atoms with van der Waals surface area (Å²) in [6, 6.07) is 15.9. The Hall–Kier alpha value is -4.04. The summed E-state index contributed by atoms with van der Waals surface area (Å²) < 4.78 is 0. The second kappa shape index (κ2) is 9.86. The van der Waals surface area contributed by atoms with Gasteiger partial charge in [-0.2, -0.15) is 0 Å². The van der Waals surface area contributed by atoms with Crippen LogP contribution in [0.4, 0.5) is 11.5 Å². The zero-order chi connectivity index (χ0) is 28.1. The Labute approximate surface area is 234 Å². The molecule has 1 atom stereocenters. The Morgan fingerprint density at radius 2 is 1.88 bits per heavy atom. The molecule has 206 valence electrons. The molecular formula is C32H35N5O3. The van der Waals surface area contributed by atoms with E-state index in [0.717, 1.165) is 41.8 Å².